The first kappa shape index (κ1) is 22.9. The molecule has 0 saturated heterocycles. The third-order valence-corrected chi connectivity index (χ3v) is 9.32. The molecule has 150 valence electrons. The summed E-state index contributed by atoms with van der Waals surface area (Å²) in [5.41, 5.74) is -0.0438. The van der Waals surface area contributed by atoms with Crippen LogP contribution >= 0.6 is 0 Å². The molecule has 7 heteroatoms. The topological polar surface area (TPSA) is 65.1 Å². The van der Waals surface area contributed by atoms with E-state index in [0.717, 1.165) is 0 Å². The number of ketones is 1. The molecule has 0 bridgehead atoms. The normalized spacial score (nSPS) is 19.4. The predicted octanol–water partition coefficient (Wildman–Crippen LogP) is 3.77. The Hall–Kier alpha value is -1.18. The molecule has 0 radical (unpaired) electrons. The second-order valence-electron chi connectivity index (χ2n) is 9.29. The first-order chi connectivity index (χ1) is 11.7. The molecule has 1 aliphatic rings. The number of nitrogens with zero attached hydrogens (tertiary/aromatic N) is 1. The van der Waals surface area contributed by atoms with Gasteiger partial charge in [0.25, 0.3) is 0 Å². The van der Waals surface area contributed by atoms with Crippen molar-refractivity contribution >= 4 is 20.2 Å². The van der Waals surface area contributed by atoms with E-state index in [9.17, 15) is 9.59 Å². The number of ether oxygens (including phenoxy) is 2. The zero-order valence-electron chi connectivity index (χ0n) is 17.8. The fraction of sp³-hybridized carbons (Fsp3) is 0.789. The summed E-state index contributed by atoms with van der Waals surface area (Å²) in [7, 11) is -0.431. The van der Waals surface area contributed by atoms with E-state index in [2.05, 4.69) is 33.9 Å². The van der Waals surface area contributed by atoms with Crippen LogP contribution in [-0.2, 0) is 18.7 Å². The van der Waals surface area contributed by atoms with E-state index in [1.54, 1.807) is 13.2 Å². The molecule has 26 heavy (non-hydrogen) atoms. The lowest BCUT2D eigenvalue weighted by atomic mass is 10.0. The van der Waals surface area contributed by atoms with Gasteiger partial charge in [0.1, 0.15) is 5.60 Å². The van der Waals surface area contributed by atoms with E-state index < -0.39 is 20.0 Å². The first-order valence-corrected chi connectivity index (χ1v) is 11.9. The fourth-order valence-electron chi connectivity index (χ4n) is 2.24. The maximum atomic E-state index is 12.6. The number of carbonyl (C=O) groups is 2. The standard InChI is InChI=1S/C19H35NO5Si/c1-18(2,3)25-17(22)20-11-16(21)14(12-23-7)10-15(20)13-24-26(8,9)19(4,5)6/h10,15H,11-13H2,1-9H3/t15-/m0/s1. The number of hydrogen-bond acceptors (Lipinski definition) is 5. The van der Waals surface area contributed by atoms with Crippen molar-refractivity contribution < 1.29 is 23.5 Å². The molecule has 0 N–H and O–H groups in total. The van der Waals surface area contributed by atoms with Crippen LogP contribution < -0.4 is 0 Å². The second-order valence-corrected chi connectivity index (χ2v) is 14.1. The Bertz CT molecular complexity index is 557. The summed E-state index contributed by atoms with van der Waals surface area (Å²) in [5.74, 6) is -0.124. The monoisotopic (exact) mass is 385 g/mol. The number of Topliss-reactive ketones (excluding diaryl/α,β-unsaturated/α-hetero) is 1. The lowest BCUT2D eigenvalue weighted by molar-refractivity contribution is -0.118. The van der Waals surface area contributed by atoms with Crippen molar-refractivity contribution in [2.24, 2.45) is 0 Å². The average Bonchev–Trinajstić information content (AvgIpc) is 2.44. The van der Waals surface area contributed by atoms with Crippen molar-refractivity contribution in [2.45, 2.75) is 71.3 Å². The van der Waals surface area contributed by atoms with Crippen LogP contribution in [0.4, 0.5) is 4.79 Å². The maximum absolute atomic E-state index is 12.6. The van der Waals surface area contributed by atoms with Crippen LogP contribution in [0.2, 0.25) is 18.1 Å². The molecular weight excluding hydrogens is 350 g/mol. The minimum Gasteiger partial charge on any atom is -0.444 e. The quantitative estimate of drug-likeness (QED) is 0.674. The van der Waals surface area contributed by atoms with Gasteiger partial charge in [0, 0.05) is 12.7 Å². The summed E-state index contributed by atoms with van der Waals surface area (Å²) in [6.45, 7) is 16.8. The van der Waals surface area contributed by atoms with Crippen molar-refractivity contribution in [3.05, 3.63) is 11.6 Å². The largest absolute Gasteiger partial charge is 0.444 e. The summed E-state index contributed by atoms with van der Waals surface area (Å²) in [6.07, 6.45) is 1.29. The van der Waals surface area contributed by atoms with Crippen LogP contribution in [0.25, 0.3) is 0 Å². The van der Waals surface area contributed by atoms with Crippen molar-refractivity contribution in [1.82, 2.24) is 4.90 Å². The number of carbonyl (C=O) groups excluding carboxylic acids is 2. The van der Waals surface area contributed by atoms with Crippen LogP contribution in [-0.4, -0.2) is 63.6 Å². The Morgan fingerprint density at radius 3 is 2.27 bits per heavy atom. The van der Waals surface area contributed by atoms with Crippen LogP contribution in [0.5, 0.6) is 0 Å². The van der Waals surface area contributed by atoms with Crippen LogP contribution in [0.3, 0.4) is 0 Å². The molecule has 0 aromatic heterocycles. The minimum absolute atomic E-state index is 0.0182. The molecule has 0 unspecified atom stereocenters. The van der Waals surface area contributed by atoms with Gasteiger partial charge in [-0.15, -0.1) is 0 Å². The second kappa shape index (κ2) is 8.23. The van der Waals surface area contributed by atoms with Gasteiger partial charge in [-0.25, -0.2) is 4.79 Å². The molecule has 1 rings (SSSR count). The van der Waals surface area contributed by atoms with E-state index >= 15 is 0 Å². The van der Waals surface area contributed by atoms with E-state index in [-0.39, 0.29) is 30.0 Å². The van der Waals surface area contributed by atoms with Crippen LogP contribution in [0.1, 0.15) is 41.5 Å². The van der Waals surface area contributed by atoms with Crippen LogP contribution in [0, 0.1) is 0 Å². The van der Waals surface area contributed by atoms with Gasteiger partial charge >= 0.3 is 6.09 Å². The zero-order valence-corrected chi connectivity index (χ0v) is 18.8. The third-order valence-electron chi connectivity index (χ3n) is 4.81. The highest BCUT2D eigenvalue weighted by Crippen LogP contribution is 2.37. The summed E-state index contributed by atoms with van der Waals surface area (Å²) >= 11 is 0. The van der Waals surface area contributed by atoms with Crippen LogP contribution in [0.15, 0.2) is 11.6 Å². The number of amides is 1. The minimum atomic E-state index is -1.98. The number of rotatable bonds is 5. The van der Waals surface area contributed by atoms with Gasteiger partial charge in [0.15, 0.2) is 14.1 Å². The Morgan fingerprint density at radius 1 is 1.23 bits per heavy atom. The van der Waals surface area contributed by atoms with E-state index in [0.29, 0.717) is 12.2 Å². The average molecular weight is 386 g/mol. The van der Waals surface area contributed by atoms with Gasteiger partial charge in [-0.2, -0.15) is 0 Å². The van der Waals surface area contributed by atoms with Crippen molar-refractivity contribution in [1.29, 1.82) is 0 Å². The third kappa shape index (κ3) is 6.21. The van der Waals surface area contributed by atoms with Gasteiger partial charge in [0.2, 0.25) is 0 Å². The Morgan fingerprint density at radius 2 is 1.81 bits per heavy atom. The predicted molar refractivity (Wildman–Crippen MR) is 105 cm³/mol. The molecule has 0 fully saturated rings. The van der Waals surface area contributed by atoms with Gasteiger partial charge in [-0.1, -0.05) is 26.8 Å². The Labute approximate surface area is 159 Å². The van der Waals surface area contributed by atoms with Gasteiger partial charge < -0.3 is 13.9 Å². The van der Waals surface area contributed by atoms with E-state index in [1.807, 2.05) is 20.8 Å². The Kier molecular flexibility index (Phi) is 7.23. The lowest BCUT2D eigenvalue weighted by Gasteiger charge is -2.40. The molecule has 0 spiro atoms. The van der Waals surface area contributed by atoms with Gasteiger partial charge in [-0.05, 0) is 38.9 Å². The molecule has 0 aromatic rings. The van der Waals surface area contributed by atoms with E-state index in [1.165, 1.54) is 4.90 Å². The first-order valence-electron chi connectivity index (χ1n) is 9.04. The highest BCUT2D eigenvalue weighted by Gasteiger charge is 2.40. The van der Waals surface area contributed by atoms with E-state index in [4.69, 9.17) is 13.9 Å². The lowest BCUT2D eigenvalue weighted by Crippen LogP contribution is -2.52. The molecule has 6 nitrogen and oxygen atoms in total. The Balaban J connectivity index is 3.04. The molecule has 1 heterocycles. The number of hydrogen-bond donors (Lipinski definition) is 0. The molecule has 1 amide bonds. The van der Waals surface area contributed by atoms with Crippen molar-refractivity contribution in [3.8, 4) is 0 Å². The number of methoxy groups -OCH3 is 1. The van der Waals surface area contributed by atoms with Gasteiger partial charge in [-0.3, -0.25) is 9.69 Å². The highest BCUT2D eigenvalue weighted by molar-refractivity contribution is 6.74. The molecule has 0 aromatic carbocycles. The maximum Gasteiger partial charge on any atom is 0.411 e. The fourth-order valence-corrected chi connectivity index (χ4v) is 3.26. The SMILES string of the molecule is COCC1=C[C@@H](CO[Si](C)(C)C(C)(C)C)N(C(=O)OC(C)(C)C)CC1=O. The zero-order chi connectivity index (χ0) is 20.3. The summed E-state index contributed by atoms with van der Waals surface area (Å²) in [6, 6.07) is -0.346. The summed E-state index contributed by atoms with van der Waals surface area (Å²) in [5, 5.41) is 0.0628. The summed E-state index contributed by atoms with van der Waals surface area (Å²) in [4.78, 5) is 26.4. The highest BCUT2D eigenvalue weighted by atomic mass is 28.4. The molecule has 0 saturated carbocycles. The molecular formula is C19H35NO5Si. The van der Waals surface area contributed by atoms with Crippen molar-refractivity contribution in [3.63, 3.8) is 0 Å². The van der Waals surface area contributed by atoms with Crippen molar-refractivity contribution in [2.75, 3.05) is 26.9 Å². The molecule has 0 aliphatic carbocycles. The molecule has 1 aliphatic heterocycles. The van der Waals surface area contributed by atoms with Gasteiger partial charge in [0.05, 0.1) is 25.8 Å². The molecule has 1 atom stereocenters. The smallest absolute Gasteiger partial charge is 0.411 e. The summed E-state index contributed by atoms with van der Waals surface area (Å²) < 4.78 is 16.9.